The number of allylic oxidation sites excluding steroid dienone is 1. The maximum Gasteiger partial charge on any atom is 0.269 e. The van der Waals surface area contributed by atoms with Gasteiger partial charge in [0, 0.05) is 18.7 Å². The minimum absolute atomic E-state index is 0.0250. The van der Waals surface area contributed by atoms with Crippen LogP contribution in [0.1, 0.15) is 5.56 Å². The maximum absolute atomic E-state index is 12.4. The smallest absolute Gasteiger partial charge is 0.269 e. The fraction of sp³-hybridized carbons (Fsp3) is 0.111. The van der Waals surface area contributed by atoms with Crippen LogP contribution in [0.5, 0.6) is 0 Å². The van der Waals surface area contributed by atoms with Gasteiger partial charge in [-0.1, -0.05) is 29.5 Å². The summed E-state index contributed by atoms with van der Waals surface area (Å²) in [4.78, 5) is 27.1. The quantitative estimate of drug-likeness (QED) is 0.361. The highest BCUT2D eigenvalue weighted by molar-refractivity contribution is 7.89. The molecule has 1 aromatic heterocycles. The van der Waals surface area contributed by atoms with Crippen molar-refractivity contribution in [1.82, 2.24) is 4.57 Å². The summed E-state index contributed by atoms with van der Waals surface area (Å²) in [5, 5.41) is 15.9. The molecule has 1 heterocycles. The number of nitro benzene ring substituents is 1. The number of nitrogens with two attached hydrogens (primary N) is 1. The molecule has 0 atom stereocenters. The Kier molecular flexibility index (Phi) is 5.73. The number of hydrogen-bond donors (Lipinski definition) is 1. The van der Waals surface area contributed by atoms with Crippen molar-refractivity contribution in [2.45, 2.75) is 17.9 Å². The van der Waals surface area contributed by atoms with Gasteiger partial charge >= 0.3 is 0 Å². The average Bonchev–Trinajstić information content (AvgIpc) is 2.98. The molecule has 0 saturated heterocycles. The van der Waals surface area contributed by atoms with Crippen molar-refractivity contribution in [1.29, 1.82) is 0 Å². The van der Waals surface area contributed by atoms with Crippen LogP contribution in [-0.4, -0.2) is 23.8 Å². The van der Waals surface area contributed by atoms with E-state index in [0.29, 0.717) is 27.1 Å². The standard InChI is InChI=1S/C18H16N4O5S2/c1-2-9-21-15-8-7-14(29(19,26)27)11-16(15)28-18(21)20-17(23)10-12-3-5-13(6-4-12)22(24)25/h2-8,11H,1,9-10H2,(H2,19,26,27). The van der Waals surface area contributed by atoms with E-state index in [1.807, 2.05) is 0 Å². The molecule has 3 aromatic rings. The predicted molar refractivity (Wildman–Crippen MR) is 109 cm³/mol. The molecule has 0 bridgehead atoms. The summed E-state index contributed by atoms with van der Waals surface area (Å²) >= 11 is 1.16. The minimum Gasteiger partial charge on any atom is -0.313 e. The fourth-order valence-corrected chi connectivity index (χ4v) is 4.39. The van der Waals surface area contributed by atoms with Crippen LogP contribution < -0.4 is 9.94 Å². The number of carbonyl (C=O) groups excluding carboxylic acids is 1. The van der Waals surface area contributed by atoms with Crippen molar-refractivity contribution in [2.75, 3.05) is 0 Å². The van der Waals surface area contributed by atoms with Crippen LogP contribution in [0.2, 0.25) is 0 Å². The van der Waals surface area contributed by atoms with E-state index in [9.17, 15) is 23.3 Å². The Labute approximate surface area is 169 Å². The van der Waals surface area contributed by atoms with E-state index >= 15 is 0 Å². The van der Waals surface area contributed by atoms with Crippen molar-refractivity contribution in [3.8, 4) is 0 Å². The van der Waals surface area contributed by atoms with Crippen LogP contribution in [-0.2, 0) is 27.8 Å². The van der Waals surface area contributed by atoms with Crippen LogP contribution in [0, 0.1) is 10.1 Å². The zero-order valence-electron chi connectivity index (χ0n) is 15.0. The van der Waals surface area contributed by atoms with Crippen molar-refractivity contribution in [3.63, 3.8) is 0 Å². The number of amides is 1. The second-order valence-corrected chi connectivity index (χ2v) is 8.63. The Balaban J connectivity index is 1.99. The van der Waals surface area contributed by atoms with Gasteiger partial charge in [0.2, 0.25) is 10.0 Å². The molecule has 0 unspecified atom stereocenters. The SMILES string of the molecule is C=CCn1c(=NC(=O)Cc2ccc([N+](=O)[O-])cc2)sc2cc(S(N)(=O)=O)ccc21. The van der Waals surface area contributed by atoms with Crippen LogP contribution in [0.3, 0.4) is 0 Å². The number of aromatic nitrogens is 1. The molecule has 0 aliphatic carbocycles. The monoisotopic (exact) mass is 432 g/mol. The molecule has 2 N–H and O–H groups in total. The van der Waals surface area contributed by atoms with E-state index < -0.39 is 20.9 Å². The van der Waals surface area contributed by atoms with Gasteiger partial charge in [-0.2, -0.15) is 4.99 Å². The lowest BCUT2D eigenvalue weighted by molar-refractivity contribution is -0.384. The van der Waals surface area contributed by atoms with Gasteiger partial charge in [-0.25, -0.2) is 13.6 Å². The largest absolute Gasteiger partial charge is 0.313 e. The van der Waals surface area contributed by atoms with Crippen molar-refractivity contribution in [3.05, 3.63) is 75.6 Å². The van der Waals surface area contributed by atoms with Crippen LogP contribution in [0.25, 0.3) is 10.2 Å². The van der Waals surface area contributed by atoms with E-state index in [1.54, 1.807) is 16.7 Å². The van der Waals surface area contributed by atoms with Crippen molar-refractivity contribution >= 4 is 43.2 Å². The van der Waals surface area contributed by atoms with Gasteiger partial charge in [0.1, 0.15) is 0 Å². The second kappa shape index (κ2) is 8.07. The number of thiazole rings is 1. The summed E-state index contributed by atoms with van der Waals surface area (Å²) in [5.41, 5.74) is 1.23. The Morgan fingerprint density at radius 3 is 2.55 bits per heavy atom. The lowest BCUT2D eigenvalue weighted by Crippen LogP contribution is -2.17. The third-order valence-corrected chi connectivity index (χ3v) is 5.97. The molecular formula is C18H16N4O5S2. The Bertz CT molecular complexity index is 1290. The van der Waals surface area contributed by atoms with Gasteiger partial charge in [0.25, 0.3) is 11.6 Å². The molecule has 3 rings (SSSR count). The number of fused-ring (bicyclic) bond motifs is 1. The third-order valence-electron chi connectivity index (χ3n) is 4.02. The number of nitro groups is 1. The number of carbonyl (C=O) groups is 1. The Hall–Kier alpha value is -3.15. The molecule has 0 spiro atoms. The van der Waals surface area contributed by atoms with Crippen LogP contribution >= 0.6 is 11.3 Å². The highest BCUT2D eigenvalue weighted by atomic mass is 32.2. The first kappa shape index (κ1) is 20.6. The molecule has 0 aliphatic rings. The molecule has 0 aliphatic heterocycles. The van der Waals surface area contributed by atoms with Crippen molar-refractivity contribution in [2.24, 2.45) is 10.1 Å². The molecule has 0 saturated carbocycles. The topological polar surface area (TPSA) is 138 Å². The maximum atomic E-state index is 12.4. The number of non-ortho nitro benzene ring substituents is 1. The molecule has 150 valence electrons. The minimum atomic E-state index is -3.85. The summed E-state index contributed by atoms with van der Waals surface area (Å²) in [6, 6.07) is 10.1. The Morgan fingerprint density at radius 2 is 1.97 bits per heavy atom. The normalized spacial score (nSPS) is 12.2. The van der Waals surface area contributed by atoms with Gasteiger partial charge in [-0.3, -0.25) is 14.9 Å². The van der Waals surface area contributed by atoms with E-state index in [-0.39, 0.29) is 17.0 Å². The fourth-order valence-electron chi connectivity index (χ4n) is 2.68. The summed E-state index contributed by atoms with van der Waals surface area (Å²) in [6.07, 6.45) is 1.61. The van der Waals surface area contributed by atoms with Gasteiger partial charge < -0.3 is 4.57 Å². The van der Waals surface area contributed by atoms with Gasteiger partial charge in [0.05, 0.1) is 26.5 Å². The Morgan fingerprint density at radius 1 is 1.28 bits per heavy atom. The first-order valence-electron chi connectivity index (χ1n) is 8.27. The van der Waals surface area contributed by atoms with E-state index in [1.165, 1.54) is 36.4 Å². The number of hydrogen-bond acceptors (Lipinski definition) is 6. The molecule has 29 heavy (non-hydrogen) atoms. The highest BCUT2D eigenvalue weighted by Crippen LogP contribution is 2.21. The van der Waals surface area contributed by atoms with Gasteiger partial charge in [-0.05, 0) is 23.8 Å². The van der Waals surface area contributed by atoms with Crippen LogP contribution in [0.4, 0.5) is 5.69 Å². The first-order chi connectivity index (χ1) is 13.7. The summed E-state index contributed by atoms with van der Waals surface area (Å²) in [6.45, 7) is 4.07. The molecule has 1 amide bonds. The predicted octanol–water partition coefficient (Wildman–Crippen LogP) is 2.11. The number of nitrogens with zero attached hydrogens (tertiary/aromatic N) is 3. The number of primary sulfonamides is 1. The average molecular weight is 432 g/mol. The summed E-state index contributed by atoms with van der Waals surface area (Å²) in [5.74, 6) is -0.435. The molecule has 11 heteroatoms. The number of benzene rings is 2. The summed E-state index contributed by atoms with van der Waals surface area (Å²) < 4.78 is 25.5. The first-order valence-corrected chi connectivity index (χ1v) is 10.6. The van der Waals surface area contributed by atoms with Crippen LogP contribution in [0.15, 0.2) is 65.0 Å². The molecule has 9 nitrogen and oxygen atoms in total. The zero-order chi connectivity index (χ0) is 21.2. The summed E-state index contributed by atoms with van der Waals surface area (Å²) in [7, 11) is -3.85. The van der Waals surface area contributed by atoms with Crippen molar-refractivity contribution < 1.29 is 18.1 Å². The van der Waals surface area contributed by atoms with Gasteiger partial charge in [0.15, 0.2) is 4.80 Å². The number of rotatable bonds is 6. The lowest BCUT2D eigenvalue weighted by Gasteiger charge is -2.02. The molecule has 2 aromatic carbocycles. The number of sulfonamides is 1. The van der Waals surface area contributed by atoms with Gasteiger partial charge in [-0.15, -0.1) is 6.58 Å². The second-order valence-electron chi connectivity index (χ2n) is 6.06. The van der Waals surface area contributed by atoms with E-state index in [2.05, 4.69) is 11.6 Å². The molecular weight excluding hydrogens is 416 g/mol. The molecule has 0 radical (unpaired) electrons. The van der Waals surface area contributed by atoms with E-state index in [0.717, 1.165) is 11.3 Å². The van der Waals surface area contributed by atoms with E-state index in [4.69, 9.17) is 5.14 Å². The third kappa shape index (κ3) is 4.65. The lowest BCUT2D eigenvalue weighted by atomic mass is 10.1. The molecule has 0 fully saturated rings. The zero-order valence-corrected chi connectivity index (χ0v) is 16.6. The highest BCUT2D eigenvalue weighted by Gasteiger charge is 2.13.